The summed E-state index contributed by atoms with van der Waals surface area (Å²) in [4.78, 5) is 0. The zero-order valence-electron chi connectivity index (χ0n) is 23.8. The van der Waals surface area contributed by atoms with E-state index in [0.29, 0.717) is 5.92 Å². The summed E-state index contributed by atoms with van der Waals surface area (Å²) in [5, 5.41) is 7.63. The van der Waals surface area contributed by atoms with Crippen LogP contribution in [-0.4, -0.2) is 13.1 Å². The van der Waals surface area contributed by atoms with Gasteiger partial charge in [-0.1, -0.05) is 30.3 Å². The van der Waals surface area contributed by atoms with E-state index in [1.54, 1.807) is 0 Å². The topological polar surface area (TPSA) is 24.1 Å². The molecular formula is C33H46N2. The number of hydrogen-bond donors (Lipinski definition) is 2. The largest absolute Gasteiger partial charge is 0.385 e. The maximum atomic E-state index is 3.82. The highest BCUT2D eigenvalue weighted by molar-refractivity contribution is 5.65. The summed E-state index contributed by atoms with van der Waals surface area (Å²) in [5.41, 5.74) is 18.1. The van der Waals surface area contributed by atoms with Crippen LogP contribution in [0.4, 0.5) is 11.4 Å². The van der Waals surface area contributed by atoms with Crippen molar-refractivity contribution in [2.75, 3.05) is 23.7 Å². The van der Waals surface area contributed by atoms with Crippen LogP contribution < -0.4 is 10.6 Å². The minimum absolute atomic E-state index is 0.512. The van der Waals surface area contributed by atoms with E-state index in [9.17, 15) is 0 Å². The van der Waals surface area contributed by atoms with E-state index < -0.39 is 0 Å². The Balaban J connectivity index is 1.73. The van der Waals surface area contributed by atoms with Crippen LogP contribution in [0.1, 0.15) is 80.0 Å². The number of anilines is 2. The lowest BCUT2D eigenvalue weighted by Gasteiger charge is -2.23. The molecule has 188 valence electrons. The van der Waals surface area contributed by atoms with Gasteiger partial charge < -0.3 is 10.6 Å². The molecule has 2 N–H and O–H groups in total. The van der Waals surface area contributed by atoms with Crippen molar-refractivity contribution in [3.8, 4) is 0 Å². The van der Waals surface area contributed by atoms with E-state index in [2.05, 4.69) is 110 Å². The molecule has 0 aliphatic rings. The summed E-state index contributed by atoms with van der Waals surface area (Å²) >= 11 is 0. The molecule has 0 spiro atoms. The fourth-order valence-corrected chi connectivity index (χ4v) is 5.48. The third-order valence-electron chi connectivity index (χ3n) is 8.86. The Morgan fingerprint density at radius 1 is 0.457 bits per heavy atom. The normalized spacial score (nSPS) is 11.3. The maximum Gasteiger partial charge on any atom is 0.0405 e. The fourth-order valence-electron chi connectivity index (χ4n) is 5.48. The number of hydrogen-bond acceptors (Lipinski definition) is 2. The van der Waals surface area contributed by atoms with Crippen molar-refractivity contribution in [3.63, 3.8) is 0 Å². The lowest BCUT2D eigenvalue weighted by Crippen LogP contribution is -2.15. The fraction of sp³-hybridized carbons (Fsp3) is 0.455. The smallest absolute Gasteiger partial charge is 0.0405 e. The molecule has 0 saturated carbocycles. The molecule has 0 amide bonds. The molecule has 0 aliphatic carbocycles. The summed E-state index contributed by atoms with van der Waals surface area (Å²) in [6, 6.07) is 11.0. The second-order valence-corrected chi connectivity index (χ2v) is 10.5. The van der Waals surface area contributed by atoms with Gasteiger partial charge in [0.2, 0.25) is 0 Å². The molecule has 0 unspecified atom stereocenters. The molecule has 0 aromatic heterocycles. The van der Waals surface area contributed by atoms with E-state index in [1.165, 1.54) is 72.6 Å². The molecule has 3 rings (SSSR count). The van der Waals surface area contributed by atoms with Gasteiger partial charge in [0.15, 0.2) is 0 Å². The van der Waals surface area contributed by atoms with Crippen LogP contribution >= 0.6 is 0 Å². The van der Waals surface area contributed by atoms with Crippen LogP contribution in [0.15, 0.2) is 30.3 Å². The van der Waals surface area contributed by atoms with Gasteiger partial charge in [0, 0.05) is 24.5 Å². The minimum Gasteiger partial charge on any atom is -0.385 e. The highest BCUT2D eigenvalue weighted by Crippen LogP contribution is 2.32. The molecule has 0 atom stereocenters. The lowest BCUT2D eigenvalue weighted by molar-refractivity contribution is 0.609. The van der Waals surface area contributed by atoms with Gasteiger partial charge in [0.1, 0.15) is 0 Å². The van der Waals surface area contributed by atoms with Crippen LogP contribution in [0.25, 0.3) is 0 Å². The van der Waals surface area contributed by atoms with Crippen molar-refractivity contribution in [2.45, 2.75) is 88.0 Å². The van der Waals surface area contributed by atoms with Gasteiger partial charge in [0.05, 0.1) is 0 Å². The lowest BCUT2D eigenvalue weighted by atomic mass is 9.90. The van der Waals surface area contributed by atoms with Gasteiger partial charge in [-0.2, -0.15) is 0 Å². The Bertz CT molecular complexity index is 1050. The van der Waals surface area contributed by atoms with E-state index in [1.807, 2.05) is 0 Å². The first-order chi connectivity index (χ1) is 16.6. The van der Waals surface area contributed by atoms with Crippen molar-refractivity contribution in [2.24, 2.45) is 0 Å². The molecule has 35 heavy (non-hydrogen) atoms. The van der Waals surface area contributed by atoms with Crippen molar-refractivity contribution < 1.29 is 0 Å². The SMILES string of the molecule is Cc1c(C)c(C)c(NCCC(CCNc2c(C)c(C)c(C)c(C)c2C)c2ccccc2)c(C)c1C. The van der Waals surface area contributed by atoms with Gasteiger partial charge in [-0.15, -0.1) is 0 Å². The first-order valence-corrected chi connectivity index (χ1v) is 13.2. The average molecular weight is 471 g/mol. The molecule has 3 aromatic rings. The van der Waals surface area contributed by atoms with E-state index >= 15 is 0 Å². The van der Waals surface area contributed by atoms with E-state index in [0.717, 1.165) is 25.9 Å². The Kier molecular flexibility index (Phi) is 8.70. The standard InChI is InChI=1S/C33H46N2/c1-20-22(3)26(7)32(27(8)23(20)4)34-18-16-31(30-14-12-11-13-15-30)17-19-35-33-28(9)24(5)21(2)25(6)29(33)10/h11-15,31,34-35H,16-19H2,1-10H3. The van der Waals surface area contributed by atoms with Gasteiger partial charge in [0.25, 0.3) is 0 Å². The Labute approximate surface area is 214 Å². The molecule has 0 aliphatic heterocycles. The van der Waals surface area contributed by atoms with Crippen molar-refractivity contribution in [1.82, 2.24) is 0 Å². The van der Waals surface area contributed by atoms with Gasteiger partial charge in [-0.25, -0.2) is 0 Å². The molecular weight excluding hydrogens is 424 g/mol. The summed E-state index contributed by atoms with van der Waals surface area (Å²) < 4.78 is 0. The molecule has 2 heteroatoms. The van der Waals surface area contributed by atoms with Crippen LogP contribution in [-0.2, 0) is 0 Å². The highest BCUT2D eigenvalue weighted by atomic mass is 14.9. The maximum absolute atomic E-state index is 3.82. The van der Waals surface area contributed by atoms with E-state index in [4.69, 9.17) is 0 Å². The first kappa shape index (κ1) is 26.9. The summed E-state index contributed by atoms with van der Waals surface area (Å²) in [6.07, 6.45) is 2.22. The molecule has 0 radical (unpaired) electrons. The van der Waals surface area contributed by atoms with Crippen LogP contribution in [0.2, 0.25) is 0 Å². The average Bonchev–Trinajstić information content (AvgIpc) is 2.87. The van der Waals surface area contributed by atoms with Crippen LogP contribution in [0.3, 0.4) is 0 Å². The summed E-state index contributed by atoms with van der Waals surface area (Å²) in [6.45, 7) is 24.5. The molecule has 0 bridgehead atoms. The third-order valence-corrected chi connectivity index (χ3v) is 8.86. The second-order valence-electron chi connectivity index (χ2n) is 10.5. The van der Waals surface area contributed by atoms with Gasteiger partial charge in [-0.3, -0.25) is 0 Å². The number of nitrogens with one attached hydrogen (secondary N) is 2. The molecule has 2 nitrogen and oxygen atoms in total. The zero-order valence-corrected chi connectivity index (χ0v) is 23.8. The Hall–Kier alpha value is -2.74. The van der Waals surface area contributed by atoms with Crippen molar-refractivity contribution in [3.05, 3.63) is 91.5 Å². The third kappa shape index (κ3) is 5.58. The minimum atomic E-state index is 0.512. The van der Waals surface area contributed by atoms with Crippen LogP contribution in [0.5, 0.6) is 0 Å². The van der Waals surface area contributed by atoms with Gasteiger partial charge in [-0.05, 0) is 149 Å². The molecule has 3 aromatic carbocycles. The summed E-state index contributed by atoms with van der Waals surface area (Å²) in [5.74, 6) is 0.512. The number of benzene rings is 3. The monoisotopic (exact) mass is 470 g/mol. The van der Waals surface area contributed by atoms with Crippen LogP contribution in [0, 0.1) is 69.2 Å². The highest BCUT2D eigenvalue weighted by Gasteiger charge is 2.16. The van der Waals surface area contributed by atoms with Crippen molar-refractivity contribution in [1.29, 1.82) is 0 Å². The molecule has 0 heterocycles. The van der Waals surface area contributed by atoms with Gasteiger partial charge >= 0.3 is 0 Å². The molecule has 0 saturated heterocycles. The Morgan fingerprint density at radius 2 is 0.771 bits per heavy atom. The summed E-state index contributed by atoms with van der Waals surface area (Å²) in [7, 11) is 0. The Morgan fingerprint density at radius 3 is 1.11 bits per heavy atom. The van der Waals surface area contributed by atoms with Crippen molar-refractivity contribution >= 4 is 11.4 Å². The zero-order chi connectivity index (χ0) is 25.9. The second kappa shape index (κ2) is 11.3. The quantitative estimate of drug-likeness (QED) is 0.326. The van der Waals surface area contributed by atoms with E-state index in [-0.39, 0.29) is 0 Å². The first-order valence-electron chi connectivity index (χ1n) is 13.2. The molecule has 0 fully saturated rings. The number of rotatable bonds is 9. The predicted octanol–water partition coefficient (Wildman–Crippen LogP) is 8.86. The predicted molar refractivity (Wildman–Crippen MR) is 156 cm³/mol.